The number of aliphatic hydroxyl groups excluding tert-OH is 1. The molecule has 0 amide bonds. The number of rotatable bonds is 7. The first-order valence-corrected chi connectivity index (χ1v) is 6.48. The molecular formula is C12H22N4O3. The van der Waals surface area contributed by atoms with Gasteiger partial charge in [-0.3, -0.25) is 14.3 Å². The molecule has 5 N–H and O–H groups in total. The van der Waals surface area contributed by atoms with E-state index in [1.165, 1.54) is 4.57 Å². The molecule has 0 fully saturated rings. The number of aromatic amines is 1. The van der Waals surface area contributed by atoms with Gasteiger partial charge in [0.2, 0.25) is 0 Å². The largest absolute Gasteiger partial charge is 0.396 e. The SMILES string of the molecule is CCCn1c(N)c(NCC(C)CCO)c(=O)[nH]c1=O. The van der Waals surface area contributed by atoms with Crippen molar-refractivity contribution in [3.8, 4) is 0 Å². The summed E-state index contributed by atoms with van der Waals surface area (Å²) in [6.45, 7) is 4.95. The number of nitrogen functional groups attached to an aromatic ring is 1. The van der Waals surface area contributed by atoms with E-state index in [9.17, 15) is 9.59 Å². The van der Waals surface area contributed by atoms with E-state index >= 15 is 0 Å². The number of anilines is 2. The zero-order valence-electron chi connectivity index (χ0n) is 11.4. The number of aliphatic hydroxyl groups is 1. The van der Waals surface area contributed by atoms with Crippen LogP contribution >= 0.6 is 0 Å². The fraction of sp³-hybridized carbons (Fsp3) is 0.667. The fourth-order valence-electron chi connectivity index (χ4n) is 1.80. The van der Waals surface area contributed by atoms with Gasteiger partial charge in [-0.15, -0.1) is 0 Å². The molecule has 0 radical (unpaired) electrons. The molecule has 1 aromatic rings. The van der Waals surface area contributed by atoms with Crippen LogP contribution in [0.4, 0.5) is 11.5 Å². The lowest BCUT2D eigenvalue weighted by atomic mass is 10.1. The van der Waals surface area contributed by atoms with Crippen molar-refractivity contribution in [2.24, 2.45) is 5.92 Å². The Kier molecular flexibility index (Phi) is 5.62. The molecule has 108 valence electrons. The van der Waals surface area contributed by atoms with Gasteiger partial charge in [0, 0.05) is 19.7 Å². The van der Waals surface area contributed by atoms with E-state index in [2.05, 4.69) is 10.3 Å². The zero-order valence-corrected chi connectivity index (χ0v) is 11.4. The third-order valence-electron chi connectivity index (χ3n) is 2.94. The zero-order chi connectivity index (χ0) is 14.4. The van der Waals surface area contributed by atoms with Crippen molar-refractivity contribution in [3.05, 3.63) is 20.8 Å². The van der Waals surface area contributed by atoms with Crippen LogP contribution in [-0.4, -0.2) is 27.8 Å². The van der Waals surface area contributed by atoms with Crippen LogP contribution in [0.2, 0.25) is 0 Å². The molecule has 0 aliphatic rings. The highest BCUT2D eigenvalue weighted by molar-refractivity contribution is 5.60. The van der Waals surface area contributed by atoms with E-state index in [-0.39, 0.29) is 24.0 Å². The molecule has 7 nitrogen and oxygen atoms in total. The van der Waals surface area contributed by atoms with Crippen LogP contribution in [0.25, 0.3) is 0 Å². The third kappa shape index (κ3) is 3.85. The predicted octanol–water partition coefficient (Wildman–Crippen LogP) is -0.0408. The lowest BCUT2D eigenvalue weighted by Gasteiger charge is -2.15. The van der Waals surface area contributed by atoms with Gasteiger partial charge >= 0.3 is 5.69 Å². The topological polar surface area (TPSA) is 113 Å². The van der Waals surface area contributed by atoms with Gasteiger partial charge in [0.05, 0.1) is 0 Å². The van der Waals surface area contributed by atoms with E-state index in [1.54, 1.807) is 0 Å². The number of aromatic nitrogens is 2. The van der Waals surface area contributed by atoms with Crippen molar-refractivity contribution in [1.82, 2.24) is 9.55 Å². The van der Waals surface area contributed by atoms with Gasteiger partial charge in [-0.05, 0) is 18.8 Å². The smallest absolute Gasteiger partial charge is 0.330 e. The molecule has 0 aliphatic carbocycles. The van der Waals surface area contributed by atoms with E-state index < -0.39 is 11.2 Å². The predicted molar refractivity (Wildman–Crippen MR) is 75.4 cm³/mol. The Balaban J connectivity index is 2.97. The number of nitrogens with zero attached hydrogens (tertiary/aromatic N) is 1. The lowest BCUT2D eigenvalue weighted by Crippen LogP contribution is -2.34. The number of nitrogens with two attached hydrogens (primary N) is 1. The Morgan fingerprint density at radius 1 is 1.47 bits per heavy atom. The molecule has 1 aromatic heterocycles. The van der Waals surface area contributed by atoms with E-state index in [4.69, 9.17) is 10.8 Å². The summed E-state index contributed by atoms with van der Waals surface area (Å²) in [6.07, 6.45) is 1.38. The Bertz CT molecular complexity index is 521. The summed E-state index contributed by atoms with van der Waals surface area (Å²) in [4.78, 5) is 25.6. The van der Waals surface area contributed by atoms with Crippen molar-refractivity contribution in [2.75, 3.05) is 24.2 Å². The van der Waals surface area contributed by atoms with Gasteiger partial charge in [0.15, 0.2) is 0 Å². The molecule has 19 heavy (non-hydrogen) atoms. The summed E-state index contributed by atoms with van der Waals surface area (Å²) in [5.41, 5.74) is 5.09. The van der Waals surface area contributed by atoms with Crippen LogP contribution < -0.4 is 22.3 Å². The molecule has 0 bridgehead atoms. The number of hydrogen-bond acceptors (Lipinski definition) is 5. The molecular weight excluding hydrogens is 248 g/mol. The van der Waals surface area contributed by atoms with Gasteiger partial charge in [0.25, 0.3) is 5.56 Å². The molecule has 0 saturated carbocycles. The molecule has 1 rings (SSSR count). The average molecular weight is 270 g/mol. The van der Waals surface area contributed by atoms with Crippen molar-refractivity contribution < 1.29 is 5.11 Å². The Labute approximate surface area is 111 Å². The van der Waals surface area contributed by atoms with E-state index in [0.717, 1.165) is 6.42 Å². The maximum Gasteiger partial charge on any atom is 0.330 e. The molecule has 0 aromatic carbocycles. The van der Waals surface area contributed by atoms with Crippen molar-refractivity contribution in [3.63, 3.8) is 0 Å². The second-order valence-corrected chi connectivity index (χ2v) is 4.67. The first-order valence-electron chi connectivity index (χ1n) is 6.48. The Morgan fingerprint density at radius 3 is 2.74 bits per heavy atom. The van der Waals surface area contributed by atoms with Gasteiger partial charge in [0.1, 0.15) is 11.5 Å². The number of H-pyrrole nitrogens is 1. The van der Waals surface area contributed by atoms with Crippen LogP contribution in [0, 0.1) is 5.92 Å². The van der Waals surface area contributed by atoms with Crippen molar-refractivity contribution in [2.45, 2.75) is 33.2 Å². The summed E-state index contributed by atoms with van der Waals surface area (Å²) in [7, 11) is 0. The highest BCUT2D eigenvalue weighted by Gasteiger charge is 2.12. The van der Waals surface area contributed by atoms with E-state index in [0.29, 0.717) is 19.5 Å². The number of nitrogens with one attached hydrogen (secondary N) is 2. The summed E-state index contributed by atoms with van der Waals surface area (Å²) in [5.74, 6) is 0.363. The van der Waals surface area contributed by atoms with Crippen LogP contribution in [0.15, 0.2) is 9.59 Å². The number of hydrogen-bond donors (Lipinski definition) is 4. The summed E-state index contributed by atoms with van der Waals surface area (Å²) < 4.78 is 1.35. The minimum absolute atomic E-state index is 0.101. The van der Waals surface area contributed by atoms with Gasteiger partial charge in [-0.2, -0.15) is 0 Å². The van der Waals surface area contributed by atoms with Gasteiger partial charge < -0.3 is 16.2 Å². The monoisotopic (exact) mass is 270 g/mol. The molecule has 1 unspecified atom stereocenters. The minimum Gasteiger partial charge on any atom is -0.396 e. The first-order chi connectivity index (χ1) is 9.01. The Morgan fingerprint density at radius 2 is 2.16 bits per heavy atom. The Hall–Kier alpha value is -1.76. The van der Waals surface area contributed by atoms with E-state index in [1.807, 2.05) is 13.8 Å². The molecule has 7 heteroatoms. The van der Waals surface area contributed by atoms with Crippen LogP contribution in [-0.2, 0) is 6.54 Å². The quantitative estimate of drug-likeness (QED) is 0.555. The van der Waals surface area contributed by atoms with Gasteiger partial charge in [-0.1, -0.05) is 13.8 Å². The third-order valence-corrected chi connectivity index (χ3v) is 2.94. The standard InChI is InChI=1S/C12H22N4O3/c1-3-5-16-10(13)9(11(18)15-12(16)19)14-7-8(2)4-6-17/h8,14,17H,3-7,13H2,1-2H3,(H,15,18,19). The maximum absolute atomic E-state index is 11.7. The summed E-state index contributed by atoms with van der Waals surface area (Å²) in [5, 5.41) is 11.8. The van der Waals surface area contributed by atoms with Crippen LogP contribution in [0.3, 0.4) is 0 Å². The molecule has 1 atom stereocenters. The lowest BCUT2D eigenvalue weighted by molar-refractivity contribution is 0.266. The second kappa shape index (κ2) is 6.98. The average Bonchev–Trinajstić information content (AvgIpc) is 2.34. The minimum atomic E-state index is -0.508. The maximum atomic E-state index is 11.7. The highest BCUT2D eigenvalue weighted by atomic mass is 16.3. The molecule has 0 aliphatic heterocycles. The highest BCUT2D eigenvalue weighted by Crippen LogP contribution is 2.12. The molecule has 1 heterocycles. The second-order valence-electron chi connectivity index (χ2n) is 4.67. The van der Waals surface area contributed by atoms with Crippen LogP contribution in [0.1, 0.15) is 26.7 Å². The summed E-state index contributed by atoms with van der Waals surface area (Å²) >= 11 is 0. The van der Waals surface area contributed by atoms with Gasteiger partial charge in [-0.25, -0.2) is 4.79 Å². The van der Waals surface area contributed by atoms with Crippen LogP contribution in [0.5, 0.6) is 0 Å². The van der Waals surface area contributed by atoms with Crippen molar-refractivity contribution in [1.29, 1.82) is 0 Å². The summed E-state index contributed by atoms with van der Waals surface area (Å²) in [6, 6.07) is 0. The molecule has 0 spiro atoms. The fourth-order valence-corrected chi connectivity index (χ4v) is 1.80. The normalized spacial score (nSPS) is 12.4. The molecule has 0 saturated heterocycles. The van der Waals surface area contributed by atoms with Crippen molar-refractivity contribution >= 4 is 11.5 Å². The first kappa shape index (κ1) is 15.3.